The number of unbranched alkanes of at least 4 members (excludes halogenated alkanes) is 2. The molecule has 1 aromatic heterocycles. The highest BCUT2D eigenvalue weighted by Gasteiger charge is 2.14. The lowest BCUT2D eigenvalue weighted by Gasteiger charge is -2.15. The van der Waals surface area contributed by atoms with Gasteiger partial charge in [-0.1, -0.05) is 0 Å². The first-order chi connectivity index (χ1) is 7.65. The summed E-state index contributed by atoms with van der Waals surface area (Å²) < 4.78 is 5.26. The standard InChI is InChI=1S/C12H19NO3/c1-10-6-7-11(16-10)12(15)13(2)8-4-3-5-9-14/h6-7,14H,3-5,8-9H2,1-2H3. The molecule has 1 heterocycles. The highest BCUT2D eigenvalue weighted by Crippen LogP contribution is 2.09. The SMILES string of the molecule is Cc1ccc(C(=O)N(C)CCCCCO)o1. The van der Waals surface area contributed by atoms with Crippen molar-refractivity contribution in [2.75, 3.05) is 20.2 Å². The predicted octanol–water partition coefficient (Wildman–Crippen LogP) is 1.82. The van der Waals surface area contributed by atoms with Gasteiger partial charge in [0.25, 0.3) is 5.91 Å². The van der Waals surface area contributed by atoms with E-state index in [-0.39, 0.29) is 12.5 Å². The topological polar surface area (TPSA) is 53.7 Å². The lowest BCUT2D eigenvalue weighted by Crippen LogP contribution is -2.27. The highest BCUT2D eigenvalue weighted by atomic mass is 16.3. The maximum absolute atomic E-state index is 11.8. The molecule has 1 N–H and O–H groups in total. The minimum atomic E-state index is -0.0860. The van der Waals surface area contributed by atoms with E-state index in [2.05, 4.69) is 0 Å². The molecule has 0 radical (unpaired) electrons. The quantitative estimate of drug-likeness (QED) is 0.751. The van der Waals surface area contributed by atoms with Gasteiger partial charge >= 0.3 is 0 Å². The van der Waals surface area contributed by atoms with Gasteiger partial charge in [0.15, 0.2) is 5.76 Å². The van der Waals surface area contributed by atoms with E-state index in [4.69, 9.17) is 9.52 Å². The maximum Gasteiger partial charge on any atom is 0.289 e. The molecule has 0 fully saturated rings. The minimum absolute atomic E-state index is 0.0860. The molecule has 1 amide bonds. The Balaban J connectivity index is 2.36. The fraction of sp³-hybridized carbons (Fsp3) is 0.583. The first-order valence-electron chi connectivity index (χ1n) is 5.58. The molecule has 0 bridgehead atoms. The average molecular weight is 225 g/mol. The van der Waals surface area contributed by atoms with E-state index in [1.807, 2.05) is 6.92 Å². The summed E-state index contributed by atoms with van der Waals surface area (Å²) in [4.78, 5) is 13.5. The number of hydrogen-bond donors (Lipinski definition) is 1. The second-order valence-corrected chi connectivity index (χ2v) is 3.92. The van der Waals surface area contributed by atoms with Crippen LogP contribution in [-0.4, -0.2) is 36.1 Å². The number of aryl methyl sites for hydroxylation is 1. The smallest absolute Gasteiger partial charge is 0.289 e. The second kappa shape index (κ2) is 6.33. The summed E-state index contributed by atoms with van der Waals surface area (Å²) in [5, 5.41) is 8.63. The minimum Gasteiger partial charge on any atom is -0.456 e. The molecule has 0 aromatic carbocycles. The Hall–Kier alpha value is -1.29. The van der Waals surface area contributed by atoms with Crippen molar-refractivity contribution in [3.63, 3.8) is 0 Å². The van der Waals surface area contributed by atoms with Crippen molar-refractivity contribution >= 4 is 5.91 Å². The lowest BCUT2D eigenvalue weighted by atomic mass is 10.2. The monoisotopic (exact) mass is 225 g/mol. The van der Waals surface area contributed by atoms with Crippen molar-refractivity contribution in [3.8, 4) is 0 Å². The van der Waals surface area contributed by atoms with Gasteiger partial charge in [-0.15, -0.1) is 0 Å². The lowest BCUT2D eigenvalue weighted by molar-refractivity contribution is 0.0759. The van der Waals surface area contributed by atoms with Crippen LogP contribution in [0.3, 0.4) is 0 Å². The van der Waals surface area contributed by atoms with Crippen molar-refractivity contribution in [3.05, 3.63) is 23.7 Å². The zero-order chi connectivity index (χ0) is 12.0. The fourth-order valence-corrected chi connectivity index (χ4v) is 1.48. The molecule has 0 spiro atoms. The molecule has 4 heteroatoms. The zero-order valence-corrected chi connectivity index (χ0v) is 9.90. The van der Waals surface area contributed by atoms with Crippen LogP contribution in [0.4, 0.5) is 0 Å². The van der Waals surface area contributed by atoms with Gasteiger partial charge in [-0.3, -0.25) is 4.79 Å². The molecule has 1 rings (SSSR count). The Bertz CT molecular complexity index is 333. The summed E-state index contributed by atoms with van der Waals surface area (Å²) in [6.45, 7) is 2.73. The second-order valence-electron chi connectivity index (χ2n) is 3.92. The van der Waals surface area contributed by atoms with Crippen LogP contribution in [0.2, 0.25) is 0 Å². The number of aliphatic hydroxyl groups is 1. The molecule has 4 nitrogen and oxygen atoms in total. The van der Waals surface area contributed by atoms with Crippen LogP contribution in [0.15, 0.2) is 16.5 Å². The Morgan fingerprint density at radius 3 is 2.69 bits per heavy atom. The summed E-state index contributed by atoms with van der Waals surface area (Å²) >= 11 is 0. The number of nitrogens with zero attached hydrogens (tertiary/aromatic N) is 1. The van der Waals surface area contributed by atoms with Gasteiger partial charge < -0.3 is 14.4 Å². The van der Waals surface area contributed by atoms with Gasteiger partial charge in [0.05, 0.1) is 0 Å². The first-order valence-corrected chi connectivity index (χ1v) is 5.58. The molecule has 0 saturated heterocycles. The van der Waals surface area contributed by atoms with Gasteiger partial charge in [0, 0.05) is 20.2 Å². The van der Waals surface area contributed by atoms with Gasteiger partial charge in [-0.05, 0) is 38.3 Å². The molecule has 0 aliphatic heterocycles. The van der Waals surface area contributed by atoms with Crippen molar-refractivity contribution in [1.82, 2.24) is 4.90 Å². The predicted molar refractivity (Wildman–Crippen MR) is 61.3 cm³/mol. The van der Waals surface area contributed by atoms with Crippen LogP contribution in [0.25, 0.3) is 0 Å². The molecule has 0 aliphatic rings. The number of amides is 1. The number of carbonyl (C=O) groups is 1. The molecule has 90 valence electrons. The Kier molecular flexibility index (Phi) is 5.05. The largest absolute Gasteiger partial charge is 0.456 e. The summed E-state index contributed by atoms with van der Waals surface area (Å²) in [5.41, 5.74) is 0. The van der Waals surface area contributed by atoms with Crippen molar-refractivity contribution in [1.29, 1.82) is 0 Å². The van der Waals surface area contributed by atoms with Gasteiger partial charge in [-0.25, -0.2) is 0 Å². The van der Waals surface area contributed by atoms with Crippen LogP contribution >= 0.6 is 0 Å². The van der Waals surface area contributed by atoms with Gasteiger partial charge in [-0.2, -0.15) is 0 Å². The van der Waals surface area contributed by atoms with Crippen molar-refractivity contribution < 1.29 is 14.3 Å². The van der Waals surface area contributed by atoms with Crippen LogP contribution in [0, 0.1) is 6.92 Å². The zero-order valence-electron chi connectivity index (χ0n) is 9.90. The summed E-state index contributed by atoms with van der Waals surface area (Å²) in [5.74, 6) is 1.05. The van der Waals surface area contributed by atoms with E-state index in [9.17, 15) is 4.79 Å². The summed E-state index contributed by atoms with van der Waals surface area (Å²) in [6, 6.07) is 3.48. The molecular formula is C12H19NO3. The first kappa shape index (κ1) is 12.8. The maximum atomic E-state index is 11.8. The third kappa shape index (κ3) is 3.70. The molecule has 16 heavy (non-hydrogen) atoms. The van der Waals surface area contributed by atoms with E-state index in [0.717, 1.165) is 25.0 Å². The Morgan fingerprint density at radius 2 is 2.12 bits per heavy atom. The van der Waals surface area contributed by atoms with E-state index >= 15 is 0 Å². The summed E-state index contributed by atoms with van der Waals surface area (Å²) in [7, 11) is 1.76. The van der Waals surface area contributed by atoms with Gasteiger partial charge in [0.2, 0.25) is 0 Å². The van der Waals surface area contributed by atoms with E-state index in [1.54, 1.807) is 24.1 Å². The Labute approximate surface area is 95.9 Å². The van der Waals surface area contributed by atoms with E-state index < -0.39 is 0 Å². The number of hydrogen-bond acceptors (Lipinski definition) is 3. The number of rotatable bonds is 6. The third-order valence-corrected chi connectivity index (χ3v) is 2.45. The van der Waals surface area contributed by atoms with Crippen LogP contribution in [0.1, 0.15) is 35.6 Å². The van der Waals surface area contributed by atoms with Crippen molar-refractivity contribution in [2.24, 2.45) is 0 Å². The molecular weight excluding hydrogens is 206 g/mol. The molecule has 0 atom stereocenters. The van der Waals surface area contributed by atoms with E-state index in [1.165, 1.54) is 0 Å². The van der Waals surface area contributed by atoms with Gasteiger partial charge in [0.1, 0.15) is 5.76 Å². The third-order valence-electron chi connectivity index (χ3n) is 2.45. The molecule has 1 aromatic rings. The number of aliphatic hydroxyl groups excluding tert-OH is 1. The molecule has 0 saturated carbocycles. The fourth-order valence-electron chi connectivity index (χ4n) is 1.48. The molecule has 0 unspecified atom stereocenters. The van der Waals surface area contributed by atoms with Crippen LogP contribution < -0.4 is 0 Å². The summed E-state index contributed by atoms with van der Waals surface area (Å²) in [6.07, 6.45) is 2.63. The normalized spacial score (nSPS) is 10.4. The van der Waals surface area contributed by atoms with Crippen LogP contribution in [0.5, 0.6) is 0 Å². The average Bonchev–Trinajstić information content (AvgIpc) is 2.70. The van der Waals surface area contributed by atoms with Crippen LogP contribution in [-0.2, 0) is 0 Å². The van der Waals surface area contributed by atoms with E-state index in [0.29, 0.717) is 12.3 Å². The number of carbonyl (C=O) groups excluding carboxylic acids is 1. The van der Waals surface area contributed by atoms with Crippen molar-refractivity contribution in [2.45, 2.75) is 26.2 Å². The highest BCUT2D eigenvalue weighted by molar-refractivity contribution is 5.91. The Morgan fingerprint density at radius 1 is 1.38 bits per heavy atom. The number of furan rings is 1. The molecule has 0 aliphatic carbocycles.